The van der Waals surface area contributed by atoms with Crippen molar-refractivity contribution in [3.63, 3.8) is 0 Å². The van der Waals surface area contributed by atoms with E-state index >= 15 is 0 Å². The Morgan fingerprint density at radius 1 is 1.09 bits per heavy atom. The zero-order chi connectivity index (χ0) is 15.6. The average Bonchev–Trinajstić information content (AvgIpc) is 2.98. The summed E-state index contributed by atoms with van der Waals surface area (Å²) >= 11 is 1.49. The molecule has 0 aliphatic rings. The fourth-order valence-electron chi connectivity index (χ4n) is 2.19. The highest BCUT2D eigenvalue weighted by molar-refractivity contribution is 7.15. The Kier molecular flexibility index (Phi) is 7.03. The normalized spacial score (nSPS) is 10.6. The molecule has 2 rings (SSSR count). The van der Waals surface area contributed by atoms with Crippen LogP contribution in [0.2, 0.25) is 0 Å². The minimum atomic E-state index is -0.00228. The van der Waals surface area contributed by atoms with Gasteiger partial charge in [-0.2, -0.15) is 0 Å². The summed E-state index contributed by atoms with van der Waals surface area (Å²) in [5.74, 6) is -0.00228. The molecule has 0 aliphatic carbocycles. The summed E-state index contributed by atoms with van der Waals surface area (Å²) in [5.41, 5.74) is 1.17. The molecule has 0 aliphatic heterocycles. The molecule has 0 atom stereocenters. The van der Waals surface area contributed by atoms with E-state index in [1.165, 1.54) is 36.2 Å². The maximum absolute atomic E-state index is 11.9. The molecule has 5 heteroatoms. The van der Waals surface area contributed by atoms with E-state index in [1.54, 1.807) is 0 Å². The van der Waals surface area contributed by atoms with Gasteiger partial charge in [0.1, 0.15) is 5.01 Å². The minimum absolute atomic E-state index is 0.00228. The molecule has 0 saturated heterocycles. The topological polar surface area (TPSA) is 54.9 Å². The highest BCUT2D eigenvalue weighted by atomic mass is 32.1. The van der Waals surface area contributed by atoms with Crippen LogP contribution in [0.4, 0.5) is 5.13 Å². The first kappa shape index (κ1) is 16.6. The number of benzene rings is 1. The standard InChI is InChI=1S/C17H23N3OS/c1-2-3-4-8-11-16-19-20-17(22-16)18-15(21)13-12-14-9-6-5-7-10-14/h5-7,9-10H,2-4,8,11-13H2,1H3,(H,18,20,21). The smallest absolute Gasteiger partial charge is 0.226 e. The van der Waals surface area contributed by atoms with Gasteiger partial charge in [-0.25, -0.2) is 0 Å². The number of rotatable bonds is 9. The fourth-order valence-corrected chi connectivity index (χ4v) is 2.99. The van der Waals surface area contributed by atoms with Crippen LogP contribution >= 0.6 is 11.3 Å². The molecule has 1 N–H and O–H groups in total. The molecule has 0 bridgehead atoms. The van der Waals surface area contributed by atoms with Gasteiger partial charge in [0, 0.05) is 12.8 Å². The van der Waals surface area contributed by atoms with Gasteiger partial charge in [0.25, 0.3) is 0 Å². The number of hydrogen-bond acceptors (Lipinski definition) is 4. The Bertz CT molecular complexity index is 568. The number of hydrogen-bond donors (Lipinski definition) is 1. The Morgan fingerprint density at radius 2 is 1.91 bits per heavy atom. The molecule has 1 heterocycles. The Labute approximate surface area is 136 Å². The lowest BCUT2D eigenvalue weighted by atomic mass is 10.1. The van der Waals surface area contributed by atoms with Crippen LogP contribution in [0, 0.1) is 0 Å². The van der Waals surface area contributed by atoms with Gasteiger partial charge >= 0.3 is 0 Å². The van der Waals surface area contributed by atoms with Crippen LogP contribution in [0.25, 0.3) is 0 Å². The van der Waals surface area contributed by atoms with Crippen molar-refractivity contribution in [1.29, 1.82) is 0 Å². The molecule has 1 aromatic carbocycles. The molecule has 0 spiro atoms. The maximum Gasteiger partial charge on any atom is 0.226 e. The Morgan fingerprint density at radius 3 is 2.68 bits per heavy atom. The number of aromatic nitrogens is 2. The third kappa shape index (κ3) is 5.93. The molecule has 0 fully saturated rings. The molecule has 22 heavy (non-hydrogen) atoms. The molecular weight excluding hydrogens is 294 g/mol. The second-order valence-corrected chi connectivity index (χ2v) is 6.41. The van der Waals surface area contributed by atoms with Gasteiger partial charge in [0.15, 0.2) is 0 Å². The molecule has 0 radical (unpaired) electrons. The second-order valence-electron chi connectivity index (χ2n) is 5.35. The van der Waals surface area contributed by atoms with Gasteiger partial charge in [-0.3, -0.25) is 4.79 Å². The zero-order valence-electron chi connectivity index (χ0n) is 13.0. The molecule has 2 aromatic rings. The summed E-state index contributed by atoms with van der Waals surface area (Å²) in [4.78, 5) is 11.9. The predicted octanol–water partition coefficient (Wildman–Crippen LogP) is 4.23. The van der Waals surface area contributed by atoms with Crippen molar-refractivity contribution < 1.29 is 4.79 Å². The van der Waals surface area contributed by atoms with E-state index in [0.29, 0.717) is 11.6 Å². The van der Waals surface area contributed by atoms with E-state index in [1.807, 2.05) is 30.3 Å². The van der Waals surface area contributed by atoms with Crippen LogP contribution in [0.3, 0.4) is 0 Å². The molecular formula is C17H23N3OS. The predicted molar refractivity (Wildman–Crippen MR) is 91.1 cm³/mol. The van der Waals surface area contributed by atoms with Gasteiger partial charge in [-0.05, 0) is 18.4 Å². The van der Waals surface area contributed by atoms with E-state index in [0.717, 1.165) is 24.3 Å². The van der Waals surface area contributed by atoms with Gasteiger partial charge in [0.05, 0.1) is 0 Å². The van der Waals surface area contributed by atoms with E-state index < -0.39 is 0 Å². The van der Waals surface area contributed by atoms with Crippen molar-refractivity contribution in [3.05, 3.63) is 40.9 Å². The van der Waals surface area contributed by atoms with Crippen LogP contribution in [0.15, 0.2) is 30.3 Å². The lowest BCUT2D eigenvalue weighted by Crippen LogP contribution is -2.12. The Hall–Kier alpha value is -1.75. The molecule has 1 aromatic heterocycles. The SMILES string of the molecule is CCCCCCc1nnc(NC(=O)CCc2ccccc2)s1. The first-order chi connectivity index (χ1) is 10.8. The van der Waals surface area contributed by atoms with Crippen molar-refractivity contribution >= 4 is 22.4 Å². The van der Waals surface area contributed by atoms with Crippen molar-refractivity contribution in [2.75, 3.05) is 5.32 Å². The average molecular weight is 317 g/mol. The fraction of sp³-hybridized carbons (Fsp3) is 0.471. The van der Waals surface area contributed by atoms with E-state index in [9.17, 15) is 4.79 Å². The second kappa shape index (κ2) is 9.30. The summed E-state index contributed by atoms with van der Waals surface area (Å²) in [6.07, 6.45) is 7.04. The lowest BCUT2D eigenvalue weighted by molar-refractivity contribution is -0.116. The van der Waals surface area contributed by atoms with Crippen molar-refractivity contribution in [3.8, 4) is 0 Å². The van der Waals surface area contributed by atoms with Crippen LogP contribution in [-0.4, -0.2) is 16.1 Å². The van der Waals surface area contributed by atoms with Gasteiger partial charge < -0.3 is 5.32 Å². The van der Waals surface area contributed by atoms with Crippen LogP contribution in [0.5, 0.6) is 0 Å². The minimum Gasteiger partial charge on any atom is -0.301 e. The third-order valence-electron chi connectivity index (χ3n) is 3.44. The number of carbonyl (C=O) groups excluding carboxylic acids is 1. The number of unbranched alkanes of at least 4 members (excludes halogenated alkanes) is 3. The highest BCUT2D eigenvalue weighted by Gasteiger charge is 2.08. The monoisotopic (exact) mass is 317 g/mol. The van der Waals surface area contributed by atoms with Crippen molar-refractivity contribution in [2.45, 2.75) is 51.9 Å². The quantitative estimate of drug-likeness (QED) is 0.704. The van der Waals surface area contributed by atoms with Gasteiger partial charge in [-0.1, -0.05) is 67.9 Å². The summed E-state index contributed by atoms with van der Waals surface area (Å²) in [7, 11) is 0. The zero-order valence-corrected chi connectivity index (χ0v) is 13.9. The van der Waals surface area contributed by atoms with Crippen LogP contribution < -0.4 is 5.32 Å². The van der Waals surface area contributed by atoms with E-state index in [4.69, 9.17) is 0 Å². The Balaban J connectivity index is 1.71. The van der Waals surface area contributed by atoms with E-state index in [-0.39, 0.29) is 5.91 Å². The highest BCUT2D eigenvalue weighted by Crippen LogP contribution is 2.18. The molecule has 0 unspecified atom stereocenters. The first-order valence-corrected chi connectivity index (χ1v) is 8.75. The summed E-state index contributed by atoms with van der Waals surface area (Å²) < 4.78 is 0. The maximum atomic E-state index is 11.9. The summed E-state index contributed by atoms with van der Waals surface area (Å²) in [5, 5.41) is 12.6. The number of nitrogens with zero attached hydrogens (tertiary/aromatic N) is 2. The largest absolute Gasteiger partial charge is 0.301 e. The molecule has 118 valence electrons. The van der Waals surface area contributed by atoms with Crippen LogP contribution in [0.1, 0.15) is 49.6 Å². The first-order valence-electron chi connectivity index (χ1n) is 7.94. The van der Waals surface area contributed by atoms with Crippen molar-refractivity contribution in [2.24, 2.45) is 0 Å². The van der Waals surface area contributed by atoms with E-state index in [2.05, 4.69) is 22.4 Å². The number of nitrogens with one attached hydrogen (secondary N) is 1. The van der Waals surface area contributed by atoms with Gasteiger partial charge in [-0.15, -0.1) is 10.2 Å². The third-order valence-corrected chi connectivity index (χ3v) is 4.34. The number of amides is 1. The lowest BCUT2D eigenvalue weighted by Gasteiger charge is -2.01. The van der Waals surface area contributed by atoms with Gasteiger partial charge in [0.2, 0.25) is 11.0 Å². The summed E-state index contributed by atoms with van der Waals surface area (Å²) in [6.45, 7) is 2.20. The van der Waals surface area contributed by atoms with Crippen molar-refractivity contribution in [1.82, 2.24) is 10.2 Å². The molecule has 1 amide bonds. The summed E-state index contributed by atoms with van der Waals surface area (Å²) in [6, 6.07) is 10.0. The van der Waals surface area contributed by atoms with Crippen LogP contribution in [-0.2, 0) is 17.6 Å². The number of aryl methyl sites for hydroxylation is 2. The molecule has 0 saturated carbocycles. The number of anilines is 1. The molecule has 4 nitrogen and oxygen atoms in total. The number of carbonyl (C=O) groups is 1.